The van der Waals surface area contributed by atoms with Gasteiger partial charge in [0.05, 0.1) is 4.92 Å². The number of hydrogen-bond acceptors (Lipinski definition) is 2. The van der Waals surface area contributed by atoms with E-state index in [1.807, 2.05) is 6.07 Å². The summed E-state index contributed by atoms with van der Waals surface area (Å²) in [6.45, 7) is 13.1. The SMILES string of the molecule is CC(C)c1cc([N+](=O)[O-])ccc1C(C(C)C)C(C)C. The minimum absolute atomic E-state index is 0.193. The molecule has 0 atom stereocenters. The van der Waals surface area contributed by atoms with Crippen molar-refractivity contribution in [1.82, 2.24) is 0 Å². The lowest BCUT2D eigenvalue weighted by molar-refractivity contribution is -0.384. The Morgan fingerprint density at radius 2 is 1.47 bits per heavy atom. The Kier molecular flexibility index (Phi) is 5.10. The van der Waals surface area contributed by atoms with Crippen LogP contribution in [-0.4, -0.2) is 4.92 Å². The van der Waals surface area contributed by atoms with Crippen molar-refractivity contribution in [2.45, 2.75) is 53.4 Å². The third-order valence-corrected chi connectivity index (χ3v) is 3.70. The molecule has 0 heterocycles. The zero-order valence-corrected chi connectivity index (χ0v) is 12.8. The van der Waals surface area contributed by atoms with Crippen LogP contribution in [0.25, 0.3) is 0 Å². The molecule has 0 radical (unpaired) electrons. The summed E-state index contributed by atoms with van der Waals surface area (Å²) in [6, 6.07) is 5.34. The Morgan fingerprint density at radius 3 is 1.84 bits per heavy atom. The summed E-state index contributed by atoms with van der Waals surface area (Å²) in [6.07, 6.45) is 0. The highest BCUT2D eigenvalue weighted by Gasteiger charge is 2.24. The molecule has 106 valence electrons. The minimum Gasteiger partial charge on any atom is -0.258 e. The largest absolute Gasteiger partial charge is 0.269 e. The molecule has 0 aromatic heterocycles. The van der Waals surface area contributed by atoms with Crippen LogP contribution in [0, 0.1) is 22.0 Å². The van der Waals surface area contributed by atoms with Gasteiger partial charge < -0.3 is 0 Å². The zero-order chi connectivity index (χ0) is 14.7. The monoisotopic (exact) mass is 263 g/mol. The normalized spacial score (nSPS) is 11.9. The lowest BCUT2D eigenvalue weighted by Crippen LogP contribution is -2.16. The maximum absolute atomic E-state index is 10.9. The summed E-state index contributed by atoms with van der Waals surface area (Å²) in [5.74, 6) is 1.80. The molecule has 19 heavy (non-hydrogen) atoms. The number of nitro benzene ring substituents is 1. The Balaban J connectivity index is 3.37. The molecular formula is C16H25NO2. The highest BCUT2D eigenvalue weighted by Crippen LogP contribution is 2.37. The van der Waals surface area contributed by atoms with E-state index in [1.54, 1.807) is 12.1 Å². The second-order valence-electron chi connectivity index (χ2n) is 6.24. The Labute approximate surface area is 116 Å². The lowest BCUT2D eigenvalue weighted by Gasteiger charge is -2.28. The standard InChI is InChI=1S/C16H25NO2/c1-10(2)15-9-13(17(18)19)7-8-14(15)16(11(3)4)12(5)6/h7-12,16H,1-6H3. The van der Waals surface area contributed by atoms with E-state index < -0.39 is 0 Å². The second kappa shape index (κ2) is 6.18. The summed E-state index contributed by atoms with van der Waals surface area (Å²) in [5.41, 5.74) is 2.57. The molecule has 0 saturated heterocycles. The van der Waals surface area contributed by atoms with E-state index in [4.69, 9.17) is 0 Å². The van der Waals surface area contributed by atoms with Crippen molar-refractivity contribution in [3.63, 3.8) is 0 Å². The highest BCUT2D eigenvalue weighted by atomic mass is 16.6. The van der Waals surface area contributed by atoms with Gasteiger partial charge in [0.1, 0.15) is 0 Å². The predicted octanol–water partition coefficient (Wildman–Crippen LogP) is 5.11. The average molecular weight is 263 g/mol. The van der Waals surface area contributed by atoms with Crippen molar-refractivity contribution in [1.29, 1.82) is 0 Å². The van der Waals surface area contributed by atoms with Crippen molar-refractivity contribution in [3.05, 3.63) is 39.4 Å². The number of non-ortho nitro benzene ring substituents is 1. The quantitative estimate of drug-likeness (QED) is 0.547. The molecule has 0 saturated carbocycles. The van der Waals surface area contributed by atoms with Gasteiger partial charge in [-0.3, -0.25) is 10.1 Å². The van der Waals surface area contributed by atoms with Crippen LogP contribution in [-0.2, 0) is 0 Å². The van der Waals surface area contributed by atoms with Crippen molar-refractivity contribution in [2.75, 3.05) is 0 Å². The van der Waals surface area contributed by atoms with Crippen molar-refractivity contribution < 1.29 is 4.92 Å². The predicted molar refractivity (Wildman–Crippen MR) is 79.6 cm³/mol. The summed E-state index contributed by atoms with van der Waals surface area (Å²) in [4.78, 5) is 10.6. The van der Waals surface area contributed by atoms with Crippen LogP contribution >= 0.6 is 0 Å². The van der Waals surface area contributed by atoms with E-state index in [9.17, 15) is 10.1 Å². The van der Waals surface area contributed by atoms with Crippen LogP contribution in [0.4, 0.5) is 5.69 Å². The molecule has 3 nitrogen and oxygen atoms in total. The molecule has 0 bridgehead atoms. The van der Waals surface area contributed by atoms with E-state index in [-0.39, 0.29) is 10.6 Å². The summed E-state index contributed by atoms with van der Waals surface area (Å²) in [7, 11) is 0. The maximum atomic E-state index is 10.9. The Morgan fingerprint density at radius 1 is 0.947 bits per heavy atom. The molecule has 0 aliphatic heterocycles. The van der Waals surface area contributed by atoms with Crippen molar-refractivity contribution in [3.8, 4) is 0 Å². The van der Waals surface area contributed by atoms with Crippen molar-refractivity contribution >= 4 is 5.69 Å². The van der Waals surface area contributed by atoms with Gasteiger partial charge in [0.15, 0.2) is 0 Å². The van der Waals surface area contributed by atoms with Gasteiger partial charge in [-0.2, -0.15) is 0 Å². The maximum Gasteiger partial charge on any atom is 0.269 e. The van der Waals surface area contributed by atoms with E-state index in [1.165, 1.54) is 5.56 Å². The number of benzene rings is 1. The first kappa shape index (κ1) is 15.7. The second-order valence-corrected chi connectivity index (χ2v) is 6.24. The van der Waals surface area contributed by atoms with E-state index in [0.717, 1.165) is 5.56 Å². The number of nitro groups is 1. The van der Waals surface area contributed by atoms with Gasteiger partial charge in [0, 0.05) is 12.1 Å². The van der Waals surface area contributed by atoms with E-state index in [2.05, 4.69) is 41.5 Å². The fraction of sp³-hybridized carbons (Fsp3) is 0.625. The van der Waals surface area contributed by atoms with Crippen LogP contribution < -0.4 is 0 Å². The zero-order valence-electron chi connectivity index (χ0n) is 12.8. The first-order valence-corrected chi connectivity index (χ1v) is 7.03. The molecule has 0 spiro atoms. The van der Waals surface area contributed by atoms with E-state index >= 15 is 0 Å². The minimum atomic E-state index is -0.310. The molecule has 3 heteroatoms. The van der Waals surface area contributed by atoms with Gasteiger partial charge in [-0.25, -0.2) is 0 Å². The van der Waals surface area contributed by atoms with Gasteiger partial charge in [-0.1, -0.05) is 47.6 Å². The first-order chi connectivity index (χ1) is 8.75. The van der Waals surface area contributed by atoms with Crippen LogP contribution in [0.1, 0.15) is 64.5 Å². The molecule has 0 amide bonds. The van der Waals surface area contributed by atoms with Gasteiger partial charge in [0.2, 0.25) is 0 Å². The molecule has 0 N–H and O–H groups in total. The molecule has 1 aromatic carbocycles. The van der Waals surface area contributed by atoms with Gasteiger partial charge in [0.25, 0.3) is 5.69 Å². The highest BCUT2D eigenvalue weighted by molar-refractivity contribution is 5.43. The van der Waals surface area contributed by atoms with Crippen molar-refractivity contribution in [2.24, 2.45) is 11.8 Å². The average Bonchev–Trinajstić information content (AvgIpc) is 2.27. The first-order valence-electron chi connectivity index (χ1n) is 7.03. The smallest absolute Gasteiger partial charge is 0.258 e. The molecule has 1 rings (SSSR count). The summed E-state index contributed by atoms with van der Waals surface area (Å²) in [5, 5.41) is 10.9. The third-order valence-electron chi connectivity index (χ3n) is 3.70. The van der Waals surface area contributed by atoms with Gasteiger partial charge >= 0.3 is 0 Å². The summed E-state index contributed by atoms with van der Waals surface area (Å²) < 4.78 is 0. The van der Waals surface area contributed by atoms with Crippen LogP contribution in [0.15, 0.2) is 18.2 Å². The third kappa shape index (κ3) is 3.55. The fourth-order valence-electron chi connectivity index (χ4n) is 2.97. The number of hydrogen-bond donors (Lipinski definition) is 0. The molecule has 1 aromatic rings. The van der Waals surface area contributed by atoms with Gasteiger partial charge in [-0.05, 0) is 34.8 Å². The Hall–Kier alpha value is -1.38. The van der Waals surface area contributed by atoms with Crippen LogP contribution in [0.5, 0.6) is 0 Å². The molecular weight excluding hydrogens is 238 g/mol. The molecule has 0 fully saturated rings. The lowest BCUT2D eigenvalue weighted by atomic mass is 9.76. The Bertz CT molecular complexity index is 442. The van der Waals surface area contributed by atoms with Crippen LogP contribution in [0.3, 0.4) is 0 Å². The number of nitrogens with zero attached hydrogens (tertiary/aromatic N) is 1. The molecule has 0 aliphatic carbocycles. The van der Waals surface area contributed by atoms with Crippen LogP contribution in [0.2, 0.25) is 0 Å². The summed E-state index contributed by atoms with van der Waals surface area (Å²) >= 11 is 0. The topological polar surface area (TPSA) is 43.1 Å². The fourth-order valence-corrected chi connectivity index (χ4v) is 2.97. The molecule has 0 unspecified atom stereocenters. The van der Waals surface area contributed by atoms with Gasteiger partial charge in [-0.15, -0.1) is 0 Å². The molecule has 0 aliphatic rings. The van der Waals surface area contributed by atoms with E-state index in [0.29, 0.717) is 23.7 Å². The number of rotatable bonds is 5.